The number of hydrogen-bond donors (Lipinski definition) is 1. The highest BCUT2D eigenvalue weighted by Crippen LogP contribution is 2.60. The molecule has 4 aliphatic carbocycles. The molecule has 4 rings (SSSR count). The number of amides is 1. The molecule has 0 aromatic heterocycles. The van der Waals surface area contributed by atoms with Gasteiger partial charge < -0.3 is 5.32 Å². The van der Waals surface area contributed by atoms with E-state index in [1.807, 2.05) is 12.2 Å². The Labute approximate surface area is 114 Å². The van der Waals surface area contributed by atoms with Crippen LogP contribution in [0.15, 0.2) is 12.2 Å². The summed E-state index contributed by atoms with van der Waals surface area (Å²) in [4.78, 5) is 12.5. The monoisotopic (exact) mass is 267 g/mol. The second kappa shape index (κ2) is 4.88. The predicted molar refractivity (Wildman–Crippen MR) is 73.5 cm³/mol. The van der Waals surface area contributed by atoms with Crippen LogP contribution in [0.2, 0.25) is 0 Å². The number of allylic oxidation sites excluding steroid dienone is 1. The summed E-state index contributed by atoms with van der Waals surface area (Å²) >= 11 is 5.57. The van der Waals surface area contributed by atoms with E-state index in [1.165, 1.54) is 19.3 Å². The molecule has 0 aromatic carbocycles. The molecule has 0 heterocycles. The van der Waals surface area contributed by atoms with E-state index in [2.05, 4.69) is 5.32 Å². The van der Waals surface area contributed by atoms with Gasteiger partial charge in [-0.2, -0.15) is 0 Å². The van der Waals surface area contributed by atoms with E-state index in [0.29, 0.717) is 18.3 Å². The number of halogens is 1. The van der Waals surface area contributed by atoms with Gasteiger partial charge in [0.25, 0.3) is 0 Å². The molecule has 0 aromatic rings. The lowest BCUT2D eigenvalue weighted by Crippen LogP contribution is -2.53. The molecule has 4 fully saturated rings. The lowest BCUT2D eigenvalue weighted by atomic mass is 9.49. The van der Waals surface area contributed by atoms with Crippen molar-refractivity contribution in [1.82, 2.24) is 5.32 Å². The summed E-state index contributed by atoms with van der Waals surface area (Å²) in [5, 5.41) is 3.09. The second-order valence-corrected chi connectivity index (χ2v) is 6.84. The second-order valence-electron chi connectivity index (χ2n) is 6.53. The van der Waals surface area contributed by atoms with Crippen LogP contribution >= 0.6 is 11.6 Å². The molecule has 4 saturated carbocycles. The van der Waals surface area contributed by atoms with Crippen LogP contribution in [0.1, 0.15) is 38.5 Å². The van der Waals surface area contributed by atoms with Crippen molar-refractivity contribution >= 4 is 17.5 Å². The molecule has 0 unspecified atom stereocenters. The average molecular weight is 268 g/mol. The maximum absolute atomic E-state index is 12.5. The molecule has 3 heteroatoms. The zero-order valence-electron chi connectivity index (χ0n) is 10.8. The molecule has 0 aliphatic heterocycles. The first-order valence-corrected chi connectivity index (χ1v) is 7.74. The maximum Gasteiger partial charge on any atom is 0.226 e. The van der Waals surface area contributed by atoms with Crippen LogP contribution in [0, 0.1) is 23.2 Å². The van der Waals surface area contributed by atoms with Crippen LogP contribution < -0.4 is 5.32 Å². The number of rotatable bonds is 4. The van der Waals surface area contributed by atoms with Gasteiger partial charge in [-0.25, -0.2) is 0 Å². The third-order valence-electron chi connectivity index (χ3n) is 5.16. The van der Waals surface area contributed by atoms with Crippen molar-refractivity contribution in [2.45, 2.75) is 38.5 Å². The topological polar surface area (TPSA) is 29.1 Å². The number of hydrogen-bond acceptors (Lipinski definition) is 1. The molecule has 0 radical (unpaired) electrons. The van der Waals surface area contributed by atoms with Crippen LogP contribution in [-0.4, -0.2) is 18.3 Å². The van der Waals surface area contributed by atoms with E-state index in [-0.39, 0.29) is 5.41 Å². The Morgan fingerprint density at radius 2 is 1.67 bits per heavy atom. The molecule has 0 atom stereocenters. The van der Waals surface area contributed by atoms with E-state index in [4.69, 9.17) is 11.6 Å². The largest absolute Gasteiger partial charge is 0.352 e. The summed E-state index contributed by atoms with van der Waals surface area (Å²) in [6, 6.07) is 0. The molecule has 2 nitrogen and oxygen atoms in total. The normalized spacial score (nSPS) is 41.5. The number of carbonyl (C=O) groups excluding carboxylic acids is 1. The molecule has 4 bridgehead atoms. The first-order chi connectivity index (χ1) is 8.72. The van der Waals surface area contributed by atoms with Crippen LogP contribution in [0.5, 0.6) is 0 Å². The Morgan fingerprint density at radius 1 is 1.11 bits per heavy atom. The molecule has 0 saturated heterocycles. The van der Waals surface area contributed by atoms with Gasteiger partial charge in [0.2, 0.25) is 5.91 Å². The quantitative estimate of drug-likeness (QED) is 0.615. The minimum absolute atomic E-state index is 0.0104. The van der Waals surface area contributed by atoms with Crippen molar-refractivity contribution < 1.29 is 4.79 Å². The van der Waals surface area contributed by atoms with Crippen LogP contribution in [0.4, 0.5) is 0 Å². The van der Waals surface area contributed by atoms with Gasteiger partial charge >= 0.3 is 0 Å². The van der Waals surface area contributed by atoms with E-state index in [0.717, 1.165) is 37.0 Å². The molecule has 100 valence electrons. The molecular formula is C15H22ClNO. The maximum atomic E-state index is 12.5. The Morgan fingerprint density at radius 3 is 2.17 bits per heavy atom. The molecule has 0 spiro atoms. The van der Waals surface area contributed by atoms with Crippen LogP contribution in [0.3, 0.4) is 0 Å². The molecule has 18 heavy (non-hydrogen) atoms. The SMILES string of the molecule is O=C(NC/C=C/CCl)C12CC3CC(CC(C3)C1)C2. The Bertz CT molecular complexity index is 328. The standard InChI is InChI=1S/C15H22ClNO/c16-3-1-2-4-17-14(18)15-8-11-5-12(9-15)7-13(6-11)10-15/h1-2,11-13H,3-10H2,(H,17,18)/b2-1+. The zero-order chi connectivity index (χ0) is 12.6. The first-order valence-electron chi connectivity index (χ1n) is 7.21. The van der Waals surface area contributed by atoms with Crippen molar-refractivity contribution in [2.24, 2.45) is 23.2 Å². The predicted octanol–water partition coefficient (Wildman–Crippen LogP) is 3.11. The fourth-order valence-corrected chi connectivity index (χ4v) is 5.00. The molecular weight excluding hydrogens is 246 g/mol. The van der Waals surface area contributed by atoms with Crippen LogP contribution in [0.25, 0.3) is 0 Å². The third kappa shape index (κ3) is 2.20. The van der Waals surface area contributed by atoms with E-state index in [9.17, 15) is 4.79 Å². The van der Waals surface area contributed by atoms with E-state index < -0.39 is 0 Å². The van der Waals surface area contributed by atoms with Crippen molar-refractivity contribution in [3.8, 4) is 0 Å². The summed E-state index contributed by atoms with van der Waals surface area (Å²) in [6.45, 7) is 0.632. The zero-order valence-corrected chi connectivity index (χ0v) is 11.6. The Hall–Kier alpha value is -0.500. The summed E-state index contributed by atoms with van der Waals surface area (Å²) < 4.78 is 0. The van der Waals surface area contributed by atoms with Gasteiger partial charge in [-0.3, -0.25) is 4.79 Å². The first kappa shape index (κ1) is 12.5. The smallest absolute Gasteiger partial charge is 0.226 e. The summed E-state index contributed by atoms with van der Waals surface area (Å²) in [5.41, 5.74) is -0.0104. The Balaban J connectivity index is 1.64. The molecule has 4 aliphatic rings. The van der Waals surface area contributed by atoms with Gasteiger partial charge in [-0.1, -0.05) is 12.2 Å². The van der Waals surface area contributed by atoms with E-state index >= 15 is 0 Å². The highest BCUT2D eigenvalue weighted by molar-refractivity contribution is 6.18. The van der Waals surface area contributed by atoms with Gasteiger partial charge in [0.1, 0.15) is 0 Å². The summed E-state index contributed by atoms with van der Waals surface area (Å²) in [6.07, 6.45) is 11.4. The minimum atomic E-state index is -0.0104. The van der Waals surface area contributed by atoms with Crippen LogP contribution in [-0.2, 0) is 4.79 Å². The fourth-order valence-electron chi connectivity index (χ4n) is 4.87. The molecule has 1 N–H and O–H groups in total. The minimum Gasteiger partial charge on any atom is -0.352 e. The number of nitrogens with one attached hydrogen (secondary N) is 1. The highest BCUT2D eigenvalue weighted by Gasteiger charge is 2.54. The number of carbonyl (C=O) groups is 1. The Kier molecular flexibility index (Phi) is 3.40. The fraction of sp³-hybridized carbons (Fsp3) is 0.800. The van der Waals surface area contributed by atoms with Gasteiger partial charge in [0, 0.05) is 17.8 Å². The van der Waals surface area contributed by atoms with Gasteiger partial charge in [0.05, 0.1) is 0 Å². The van der Waals surface area contributed by atoms with Gasteiger partial charge in [0.15, 0.2) is 0 Å². The molecule has 1 amide bonds. The van der Waals surface area contributed by atoms with Crippen molar-refractivity contribution in [1.29, 1.82) is 0 Å². The summed E-state index contributed by atoms with van der Waals surface area (Å²) in [7, 11) is 0. The van der Waals surface area contributed by atoms with Gasteiger partial charge in [-0.05, 0) is 56.3 Å². The van der Waals surface area contributed by atoms with Crippen molar-refractivity contribution in [2.75, 3.05) is 12.4 Å². The average Bonchev–Trinajstić information content (AvgIpc) is 2.32. The summed E-state index contributed by atoms with van der Waals surface area (Å²) in [5.74, 6) is 3.33. The highest BCUT2D eigenvalue weighted by atomic mass is 35.5. The third-order valence-corrected chi connectivity index (χ3v) is 5.33. The van der Waals surface area contributed by atoms with Crippen molar-refractivity contribution in [3.63, 3.8) is 0 Å². The lowest BCUT2D eigenvalue weighted by Gasteiger charge is -2.55. The lowest BCUT2D eigenvalue weighted by molar-refractivity contribution is -0.146. The van der Waals surface area contributed by atoms with Crippen molar-refractivity contribution in [3.05, 3.63) is 12.2 Å². The van der Waals surface area contributed by atoms with Gasteiger partial charge in [-0.15, -0.1) is 11.6 Å². The van der Waals surface area contributed by atoms with E-state index in [1.54, 1.807) is 0 Å². The number of alkyl halides is 1.